The van der Waals surface area contributed by atoms with Crippen molar-refractivity contribution in [3.63, 3.8) is 0 Å². The molecule has 4 heteroatoms. The number of anilines is 1. The monoisotopic (exact) mass is 334 g/mol. The molecule has 2 N–H and O–H groups in total. The zero-order chi connectivity index (χ0) is 18.1. The molecule has 4 nitrogen and oxygen atoms in total. The van der Waals surface area contributed by atoms with Crippen molar-refractivity contribution in [2.24, 2.45) is 0 Å². The molecule has 0 aliphatic heterocycles. The first-order valence-electron chi connectivity index (χ1n) is 8.44. The van der Waals surface area contributed by atoms with Crippen LogP contribution in [0, 0.1) is 20.8 Å². The minimum absolute atomic E-state index is 0.0647. The number of aromatic amines is 1. The number of carbonyl (C=O) groups is 1. The quantitative estimate of drug-likeness (QED) is 0.751. The van der Waals surface area contributed by atoms with Gasteiger partial charge in [-0.2, -0.15) is 0 Å². The molecule has 0 saturated heterocycles. The number of benzene rings is 2. The van der Waals surface area contributed by atoms with Crippen molar-refractivity contribution in [2.75, 3.05) is 5.32 Å². The lowest BCUT2D eigenvalue weighted by atomic mass is 10.0. The van der Waals surface area contributed by atoms with Gasteiger partial charge in [-0.25, -0.2) is 0 Å². The number of aromatic nitrogens is 1. The maximum absolute atomic E-state index is 12.5. The van der Waals surface area contributed by atoms with Crippen LogP contribution >= 0.6 is 0 Å². The van der Waals surface area contributed by atoms with E-state index in [1.807, 2.05) is 64.1 Å². The molecule has 3 aromatic rings. The van der Waals surface area contributed by atoms with Gasteiger partial charge in [-0.1, -0.05) is 19.1 Å². The fraction of sp³-hybridized carbons (Fsp3) is 0.238. The smallest absolute Gasteiger partial charge is 0.255 e. The van der Waals surface area contributed by atoms with Gasteiger partial charge in [-0.05, 0) is 68.1 Å². The lowest BCUT2D eigenvalue weighted by molar-refractivity contribution is 0.102. The molecule has 0 unspecified atom stereocenters. The summed E-state index contributed by atoms with van der Waals surface area (Å²) in [5.74, 6) is -0.160. The number of aryl methyl sites for hydroxylation is 3. The fourth-order valence-electron chi connectivity index (χ4n) is 3.09. The Balaban J connectivity index is 1.95. The van der Waals surface area contributed by atoms with E-state index in [1.165, 1.54) is 0 Å². The summed E-state index contributed by atoms with van der Waals surface area (Å²) >= 11 is 0. The summed E-state index contributed by atoms with van der Waals surface area (Å²) in [4.78, 5) is 27.5. The molecular formula is C21H22N2O2. The Morgan fingerprint density at radius 2 is 1.80 bits per heavy atom. The first kappa shape index (κ1) is 17.0. The molecular weight excluding hydrogens is 312 g/mol. The first-order valence-corrected chi connectivity index (χ1v) is 8.44. The number of hydrogen-bond donors (Lipinski definition) is 2. The molecule has 128 valence electrons. The molecule has 1 aromatic heterocycles. The summed E-state index contributed by atoms with van der Waals surface area (Å²) in [7, 11) is 0. The van der Waals surface area contributed by atoms with Crippen LogP contribution in [0.25, 0.3) is 10.9 Å². The molecule has 0 aliphatic carbocycles. The lowest BCUT2D eigenvalue weighted by Gasteiger charge is -2.11. The second-order valence-electron chi connectivity index (χ2n) is 6.42. The minimum Gasteiger partial charge on any atom is -0.322 e. The second kappa shape index (κ2) is 6.55. The summed E-state index contributed by atoms with van der Waals surface area (Å²) in [5.41, 5.74) is 5.99. The molecule has 0 saturated carbocycles. The average molecular weight is 334 g/mol. The van der Waals surface area contributed by atoms with Gasteiger partial charge in [0.25, 0.3) is 11.5 Å². The van der Waals surface area contributed by atoms with Crippen molar-refractivity contribution in [2.45, 2.75) is 34.1 Å². The number of pyridine rings is 1. The van der Waals surface area contributed by atoms with Crippen LogP contribution in [0.15, 0.2) is 41.2 Å². The summed E-state index contributed by atoms with van der Waals surface area (Å²) in [6.07, 6.45) is 0.697. The normalized spacial score (nSPS) is 10.9. The van der Waals surface area contributed by atoms with Gasteiger partial charge in [-0.3, -0.25) is 9.59 Å². The third-order valence-corrected chi connectivity index (χ3v) is 4.78. The largest absolute Gasteiger partial charge is 0.322 e. The molecule has 0 fully saturated rings. The van der Waals surface area contributed by atoms with Crippen LogP contribution in [0.4, 0.5) is 5.69 Å². The van der Waals surface area contributed by atoms with Gasteiger partial charge < -0.3 is 10.3 Å². The summed E-state index contributed by atoms with van der Waals surface area (Å²) in [5, 5.41) is 3.90. The van der Waals surface area contributed by atoms with Crippen LogP contribution in [-0.2, 0) is 6.42 Å². The third kappa shape index (κ3) is 3.20. The Kier molecular flexibility index (Phi) is 4.45. The molecule has 0 bridgehead atoms. The average Bonchev–Trinajstić information content (AvgIpc) is 2.57. The van der Waals surface area contributed by atoms with E-state index >= 15 is 0 Å². The van der Waals surface area contributed by atoms with E-state index in [2.05, 4.69) is 10.3 Å². The van der Waals surface area contributed by atoms with Crippen LogP contribution in [0.2, 0.25) is 0 Å². The molecule has 0 spiro atoms. The van der Waals surface area contributed by atoms with Crippen molar-refractivity contribution in [3.05, 3.63) is 74.6 Å². The number of H-pyrrole nitrogens is 1. The van der Waals surface area contributed by atoms with Crippen LogP contribution in [-0.4, -0.2) is 10.9 Å². The second-order valence-corrected chi connectivity index (χ2v) is 6.42. The van der Waals surface area contributed by atoms with Crippen molar-refractivity contribution in [3.8, 4) is 0 Å². The van der Waals surface area contributed by atoms with E-state index in [0.29, 0.717) is 17.7 Å². The molecule has 0 atom stereocenters. The molecule has 25 heavy (non-hydrogen) atoms. The number of carbonyl (C=O) groups excluding carboxylic acids is 1. The SMILES string of the molecule is CCc1c(C)c2ccc(NC(=O)c3ccc(C)c(C)c3)cc2[nH]c1=O. The highest BCUT2D eigenvalue weighted by Crippen LogP contribution is 2.22. The van der Waals surface area contributed by atoms with Gasteiger partial charge in [-0.15, -0.1) is 0 Å². The highest BCUT2D eigenvalue weighted by Gasteiger charge is 2.10. The predicted molar refractivity (Wildman–Crippen MR) is 103 cm³/mol. The Bertz CT molecular complexity index is 1030. The molecule has 0 aliphatic rings. The fourth-order valence-corrected chi connectivity index (χ4v) is 3.09. The van der Waals surface area contributed by atoms with E-state index in [4.69, 9.17) is 0 Å². The Morgan fingerprint density at radius 3 is 2.48 bits per heavy atom. The molecule has 0 radical (unpaired) electrons. The summed E-state index contributed by atoms with van der Waals surface area (Å²) < 4.78 is 0. The first-order chi connectivity index (χ1) is 11.9. The lowest BCUT2D eigenvalue weighted by Crippen LogP contribution is -2.15. The number of amides is 1. The van der Waals surface area contributed by atoms with E-state index in [-0.39, 0.29) is 11.5 Å². The van der Waals surface area contributed by atoms with Crippen molar-refractivity contribution in [1.29, 1.82) is 0 Å². The molecule has 3 rings (SSSR count). The van der Waals surface area contributed by atoms with E-state index < -0.39 is 0 Å². The van der Waals surface area contributed by atoms with Crippen LogP contribution in [0.1, 0.15) is 39.5 Å². The summed E-state index contributed by atoms with van der Waals surface area (Å²) in [6.45, 7) is 7.94. The van der Waals surface area contributed by atoms with E-state index in [0.717, 1.165) is 33.2 Å². The third-order valence-electron chi connectivity index (χ3n) is 4.78. The van der Waals surface area contributed by atoms with Crippen LogP contribution < -0.4 is 10.9 Å². The van der Waals surface area contributed by atoms with Gasteiger partial charge in [0.2, 0.25) is 0 Å². The Labute approximate surface area is 146 Å². The number of fused-ring (bicyclic) bond motifs is 1. The molecule has 1 amide bonds. The van der Waals surface area contributed by atoms with Gasteiger partial charge in [0, 0.05) is 22.2 Å². The van der Waals surface area contributed by atoms with Crippen LogP contribution in [0.3, 0.4) is 0 Å². The van der Waals surface area contributed by atoms with Crippen molar-refractivity contribution in [1.82, 2.24) is 4.98 Å². The zero-order valence-corrected chi connectivity index (χ0v) is 15.0. The van der Waals surface area contributed by atoms with Gasteiger partial charge in [0.05, 0.1) is 5.52 Å². The number of rotatable bonds is 3. The van der Waals surface area contributed by atoms with Gasteiger partial charge in [0.1, 0.15) is 0 Å². The number of hydrogen-bond acceptors (Lipinski definition) is 2. The highest BCUT2D eigenvalue weighted by atomic mass is 16.1. The van der Waals surface area contributed by atoms with Crippen molar-refractivity contribution >= 4 is 22.5 Å². The van der Waals surface area contributed by atoms with Crippen LogP contribution in [0.5, 0.6) is 0 Å². The maximum atomic E-state index is 12.5. The number of nitrogens with one attached hydrogen (secondary N) is 2. The predicted octanol–water partition coefficient (Wildman–Crippen LogP) is 4.27. The Hall–Kier alpha value is -2.88. The summed E-state index contributed by atoms with van der Waals surface area (Å²) in [6, 6.07) is 11.3. The van der Waals surface area contributed by atoms with Crippen molar-refractivity contribution < 1.29 is 4.79 Å². The highest BCUT2D eigenvalue weighted by molar-refractivity contribution is 6.05. The standard InChI is InChI=1S/C21H22N2O2/c1-5-17-14(4)18-9-8-16(11-19(18)23-21(17)25)22-20(24)15-7-6-12(2)13(3)10-15/h6-11H,5H2,1-4H3,(H,22,24)(H,23,25). The minimum atomic E-state index is -0.160. The molecule has 2 aromatic carbocycles. The Morgan fingerprint density at radius 1 is 1.04 bits per heavy atom. The van der Waals surface area contributed by atoms with Gasteiger partial charge >= 0.3 is 0 Å². The van der Waals surface area contributed by atoms with Gasteiger partial charge in [0.15, 0.2) is 0 Å². The van der Waals surface area contributed by atoms with E-state index in [1.54, 1.807) is 0 Å². The molecule has 1 heterocycles. The maximum Gasteiger partial charge on any atom is 0.255 e. The van der Waals surface area contributed by atoms with E-state index in [9.17, 15) is 9.59 Å². The zero-order valence-electron chi connectivity index (χ0n) is 15.0. The topological polar surface area (TPSA) is 62.0 Å².